The fraction of sp³-hybridized carbons (Fsp3) is 0.273. The zero-order valence-corrected chi connectivity index (χ0v) is 25.1. The number of pyridine rings is 2. The van der Waals surface area contributed by atoms with E-state index in [0.717, 1.165) is 27.8 Å². The Kier molecular flexibility index (Phi) is 8.85. The van der Waals surface area contributed by atoms with Gasteiger partial charge in [-0.3, -0.25) is 9.78 Å². The molecule has 0 spiro atoms. The lowest BCUT2D eigenvalue weighted by molar-refractivity contribution is -0.116. The van der Waals surface area contributed by atoms with E-state index in [9.17, 15) is 18.5 Å². The van der Waals surface area contributed by atoms with E-state index in [4.69, 9.17) is 4.74 Å². The number of hydrogen-bond donors (Lipinski definition) is 1. The summed E-state index contributed by atoms with van der Waals surface area (Å²) < 4.78 is 35.0. The van der Waals surface area contributed by atoms with Gasteiger partial charge < -0.3 is 10.1 Å². The molecule has 4 aromatic rings. The van der Waals surface area contributed by atoms with Crippen molar-refractivity contribution in [1.82, 2.24) is 14.3 Å². The first-order chi connectivity index (χ1) is 20.7. The number of ether oxygens (including phenoxy) is 1. The van der Waals surface area contributed by atoms with E-state index in [2.05, 4.69) is 21.4 Å². The van der Waals surface area contributed by atoms with E-state index in [1.807, 2.05) is 51.1 Å². The van der Waals surface area contributed by atoms with Gasteiger partial charge >= 0.3 is 0 Å². The highest BCUT2D eigenvalue weighted by Gasteiger charge is 2.35. The molecule has 0 fully saturated rings. The summed E-state index contributed by atoms with van der Waals surface area (Å²) in [5.41, 5.74) is 5.57. The summed E-state index contributed by atoms with van der Waals surface area (Å²) in [6.07, 6.45) is 5.16. The van der Waals surface area contributed by atoms with Gasteiger partial charge in [0.2, 0.25) is 21.8 Å². The van der Waals surface area contributed by atoms with Crippen LogP contribution in [0.2, 0.25) is 0 Å². The summed E-state index contributed by atoms with van der Waals surface area (Å²) in [5, 5.41) is 12.3. The summed E-state index contributed by atoms with van der Waals surface area (Å²) >= 11 is 0. The summed E-state index contributed by atoms with van der Waals surface area (Å²) in [5.74, 6) is -0.412. The Balaban J connectivity index is 1.52. The lowest BCUT2D eigenvalue weighted by Crippen LogP contribution is -2.36. The number of aromatic nitrogens is 2. The molecule has 0 bridgehead atoms. The molecule has 1 N–H and O–H groups in total. The Morgan fingerprint density at radius 1 is 1.12 bits per heavy atom. The van der Waals surface area contributed by atoms with Crippen molar-refractivity contribution in [3.8, 4) is 11.9 Å². The van der Waals surface area contributed by atoms with Gasteiger partial charge in [0.1, 0.15) is 11.0 Å². The zero-order chi connectivity index (χ0) is 30.6. The van der Waals surface area contributed by atoms with Crippen LogP contribution in [0.4, 0.5) is 5.69 Å². The van der Waals surface area contributed by atoms with Crippen molar-refractivity contribution in [2.24, 2.45) is 0 Å². The molecule has 2 atom stereocenters. The van der Waals surface area contributed by atoms with Crippen LogP contribution in [0.1, 0.15) is 59.1 Å². The first-order valence-corrected chi connectivity index (χ1v) is 15.6. The molecule has 1 aliphatic rings. The fourth-order valence-electron chi connectivity index (χ4n) is 5.33. The smallest absolute Gasteiger partial charge is 0.248 e. The Labute approximate surface area is 252 Å². The first kappa shape index (κ1) is 29.9. The number of nitrogens with one attached hydrogen (secondary N) is 1. The number of anilines is 1. The van der Waals surface area contributed by atoms with Crippen molar-refractivity contribution in [2.45, 2.75) is 57.1 Å². The zero-order valence-electron chi connectivity index (χ0n) is 24.3. The van der Waals surface area contributed by atoms with Gasteiger partial charge in [-0.2, -0.15) is 9.57 Å². The predicted octanol–water partition coefficient (Wildman–Crippen LogP) is 5.49. The van der Waals surface area contributed by atoms with Crippen LogP contribution in [0.15, 0.2) is 84.1 Å². The van der Waals surface area contributed by atoms with Crippen LogP contribution in [-0.2, 0) is 21.4 Å². The number of benzene rings is 2. The van der Waals surface area contributed by atoms with E-state index in [1.54, 1.807) is 36.7 Å². The molecule has 9 nitrogen and oxygen atoms in total. The summed E-state index contributed by atoms with van der Waals surface area (Å²) in [6, 6.07) is 20.2. The molecule has 0 saturated carbocycles. The molecule has 0 aliphatic carbocycles. The monoisotopic (exact) mass is 595 g/mol. The molecule has 2 aromatic carbocycles. The van der Waals surface area contributed by atoms with E-state index >= 15 is 0 Å². The molecule has 43 heavy (non-hydrogen) atoms. The minimum atomic E-state index is -3.89. The predicted molar refractivity (Wildman–Crippen MR) is 163 cm³/mol. The average molecular weight is 596 g/mol. The van der Waals surface area contributed by atoms with Crippen LogP contribution in [0.3, 0.4) is 0 Å². The van der Waals surface area contributed by atoms with E-state index < -0.39 is 10.0 Å². The van der Waals surface area contributed by atoms with Gasteiger partial charge in [0.05, 0.1) is 30.1 Å². The maximum absolute atomic E-state index is 13.8. The van der Waals surface area contributed by atoms with Crippen LogP contribution in [0.25, 0.3) is 0 Å². The second kappa shape index (κ2) is 12.7. The van der Waals surface area contributed by atoms with Crippen molar-refractivity contribution in [1.29, 1.82) is 5.26 Å². The van der Waals surface area contributed by atoms with Gasteiger partial charge in [-0.1, -0.05) is 31.2 Å². The van der Waals surface area contributed by atoms with Crippen LogP contribution in [0.5, 0.6) is 5.88 Å². The molecule has 3 heterocycles. The Morgan fingerprint density at radius 2 is 1.93 bits per heavy atom. The fourth-order valence-corrected chi connectivity index (χ4v) is 6.85. The second-order valence-corrected chi connectivity index (χ2v) is 12.6. The van der Waals surface area contributed by atoms with E-state index in [1.165, 1.54) is 16.6 Å². The number of aryl methyl sites for hydroxylation is 2. The quantitative estimate of drug-likeness (QED) is 0.286. The van der Waals surface area contributed by atoms with Crippen molar-refractivity contribution >= 4 is 21.6 Å². The highest BCUT2D eigenvalue weighted by Crippen LogP contribution is 2.35. The molecule has 0 radical (unpaired) electrons. The Hall–Kier alpha value is -4.59. The number of nitrogens with zero attached hydrogens (tertiary/aromatic N) is 4. The average Bonchev–Trinajstić information content (AvgIpc) is 3.11. The Bertz CT molecular complexity index is 1790. The highest BCUT2D eigenvalue weighted by atomic mass is 32.2. The molecule has 2 aromatic heterocycles. The lowest BCUT2D eigenvalue weighted by atomic mass is 9.84. The van der Waals surface area contributed by atoms with Crippen molar-refractivity contribution < 1.29 is 17.9 Å². The van der Waals surface area contributed by atoms with Crippen molar-refractivity contribution in [3.05, 3.63) is 113 Å². The van der Waals surface area contributed by atoms with Gasteiger partial charge in [-0.05, 0) is 84.5 Å². The maximum Gasteiger partial charge on any atom is 0.248 e. The topological polar surface area (TPSA) is 125 Å². The summed E-state index contributed by atoms with van der Waals surface area (Å²) in [7, 11) is -3.89. The lowest BCUT2D eigenvalue weighted by Gasteiger charge is -2.25. The van der Waals surface area contributed by atoms with Crippen molar-refractivity contribution in [2.75, 3.05) is 11.9 Å². The number of carbonyl (C=O) groups excluding carboxylic acids is 1. The van der Waals surface area contributed by atoms with E-state index in [-0.39, 0.29) is 48.2 Å². The highest BCUT2D eigenvalue weighted by molar-refractivity contribution is 7.89. The number of nitriles is 1. The third kappa shape index (κ3) is 6.58. The third-order valence-corrected chi connectivity index (χ3v) is 9.55. The van der Waals surface area contributed by atoms with Crippen LogP contribution >= 0.6 is 0 Å². The molecular formula is C33H33N5O4S. The number of amides is 1. The number of carbonyl (C=O) groups is 1. The van der Waals surface area contributed by atoms with Gasteiger partial charge in [0.25, 0.3) is 0 Å². The van der Waals surface area contributed by atoms with E-state index in [0.29, 0.717) is 17.7 Å². The maximum atomic E-state index is 13.8. The largest absolute Gasteiger partial charge is 0.472 e. The third-order valence-electron chi connectivity index (χ3n) is 7.73. The standard InChI is InChI=1S/C33H33N5O4S/c1-4-28-21-38(43(40,41)31-8-6-14-36-33(31)42-28)20-26-16-25(11-9-22(26)2)30(29-12-10-24(18-34)15-23(29)3)17-32(39)37-27-7-5-13-35-19-27/h5-16,19,28,30H,4,17,20-21H2,1-3H3,(H,37,39)/t28-,30+/m1/s1. The number of rotatable bonds is 8. The summed E-state index contributed by atoms with van der Waals surface area (Å²) in [6.45, 7) is 6.15. The molecule has 220 valence electrons. The molecule has 5 rings (SSSR count). The van der Waals surface area contributed by atoms with Crippen LogP contribution in [-0.4, -0.2) is 41.2 Å². The number of hydrogen-bond acceptors (Lipinski definition) is 7. The van der Waals surface area contributed by atoms with Gasteiger partial charge in [-0.25, -0.2) is 13.4 Å². The van der Waals surface area contributed by atoms with Crippen molar-refractivity contribution in [3.63, 3.8) is 0 Å². The van der Waals surface area contributed by atoms with Gasteiger partial charge in [0, 0.05) is 31.3 Å². The molecule has 1 amide bonds. The minimum absolute atomic E-state index is 0.0536. The SMILES string of the molecule is CC[C@@H]1CN(Cc2cc([C@H](CC(=O)Nc3cccnc3)c3ccc(C#N)cc3C)ccc2C)S(=O)(=O)c2cccnc2O1. The first-order valence-electron chi connectivity index (χ1n) is 14.1. The second-order valence-electron chi connectivity index (χ2n) is 10.7. The summed E-state index contributed by atoms with van der Waals surface area (Å²) in [4.78, 5) is 21.6. The normalized spacial score (nSPS) is 16.7. The van der Waals surface area contributed by atoms with Crippen LogP contribution in [0, 0.1) is 25.2 Å². The number of fused-ring (bicyclic) bond motifs is 1. The molecule has 0 saturated heterocycles. The number of sulfonamides is 1. The molecule has 10 heteroatoms. The molecular weight excluding hydrogens is 562 g/mol. The molecule has 1 aliphatic heterocycles. The molecule has 0 unspecified atom stereocenters. The Morgan fingerprint density at radius 3 is 2.65 bits per heavy atom. The van der Waals surface area contributed by atoms with Crippen LogP contribution < -0.4 is 10.1 Å². The van der Waals surface area contributed by atoms with Gasteiger partial charge in [0.15, 0.2) is 0 Å². The van der Waals surface area contributed by atoms with Gasteiger partial charge in [-0.15, -0.1) is 0 Å². The minimum Gasteiger partial charge on any atom is -0.472 e.